The maximum absolute atomic E-state index is 13.2. The van der Waals surface area contributed by atoms with E-state index >= 15 is 0 Å². The van der Waals surface area contributed by atoms with E-state index in [4.69, 9.17) is 0 Å². The van der Waals surface area contributed by atoms with Crippen LogP contribution in [0.4, 0.5) is 11.4 Å². The molecule has 0 radical (unpaired) electrons. The van der Waals surface area contributed by atoms with Crippen LogP contribution in [-0.2, 0) is 11.3 Å². The normalized spacial score (nSPS) is 15.5. The lowest BCUT2D eigenvalue weighted by Crippen LogP contribution is -2.37. The third-order valence-corrected chi connectivity index (χ3v) is 5.51. The number of fused-ring (bicyclic) bond motifs is 2. The van der Waals surface area contributed by atoms with Gasteiger partial charge in [-0.15, -0.1) is 0 Å². The van der Waals surface area contributed by atoms with Gasteiger partial charge in [-0.3, -0.25) is 24.3 Å². The van der Waals surface area contributed by atoms with Crippen LogP contribution >= 0.6 is 0 Å². The van der Waals surface area contributed by atoms with Crippen molar-refractivity contribution in [2.75, 3.05) is 11.4 Å². The Kier molecular flexibility index (Phi) is 4.67. The number of aliphatic imine (C=N–C) groups is 1. The first-order valence-electron chi connectivity index (χ1n) is 10.1. The average Bonchev–Trinajstić information content (AvgIpc) is 2.95. The highest BCUT2D eigenvalue weighted by Gasteiger charge is 2.36. The molecule has 0 fully saturated rings. The molecule has 2 heterocycles. The molecule has 6 nitrogen and oxygen atoms in total. The van der Waals surface area contributed by atoms with Crippen LogP contribution < -0.4 is 4.90 Å². The Balaban J connectivity index is 1.45. The SMILES string of the molecule is O=C1c2ccccc2C(=O)N1CC1=Nc2ccccc2N(Cc2ccccc2)C(=O)C1. The third-order valence-electron chi connectivity index (χ3n) is 5.51. The van der Waals surface area contributed by atoms with Gasteiger partial charge in [0.1, 0.15) is 0 Å². The number of para-hydroxylation sites is 2. The smallest absolute Gasteiger partial charge is 0.261 e. The van der Waals surface area contributed by atoms with Crippen molar-refractivity contribution in [3.05, 3.63) is 95.6 Å². The lowest BCUT2D eigenvalue weighted by Gasteiger charge is -2.22. The molecule has 0 saturated carbocycles. The van der Waals surface area contributed by atoms with Gasteiger partial charge in [0.2, 0.25) is 5.91 Å². The van der Waals surface area contributed by atoms with Crippen LogP contribution in [0.5, 0.6) is 0 Å². The van der Waals surface area contributed by atoms with E-state index in [0.29, 0.717) is 34.8 Å². The minimum atomic E-state index is -0.352. The number of benzene rings is 3. The van der Waals surface area contributed by atoms with Crippen LogP contribution in [0.1, 0.15) is 32.7 Å². The summed E-state index contributed by atoms with van der Waals surface area (Å²) < 4.78 is 0. The first-order valence-corrected chi connectivity index (χ1v) is 10.1. The third kappa shape index (κ3) is 3.42. The first kappa shape index (κ1) is 18.9. The topological polar surface area (TPSA) is 70.1 Å². The minimum Gasteiger partial charge on any atom is -0.306 e. The Morgan fingerprint density at radius 2 is 1.29 bits per heavy atom. The number of nitrogens with zero attached hydrogens (tertiary/aromatic N) is 3. The summed E-state index contributed by atoms with van der Waals surface area (Å²) in [7, 11) is 0. The summed E-state index contributed by atoms with van der Waals surface area (Å²) in [6.45, 7) is 0.415. The van der Waals surface area contributed by atoms with Crippen molar-refractivity contribution in [2.24, 2.45) is 4.99 Å². The van der Waals surface area contributed by atoms with E-state index in [0.717, 1.165) is 5.56 Å². The Morgan fingerprint density at radius 1 is 0.677 bits per heavy atom. The van der Waals surface area contributed by atoms with Gasteiger partial charge in [-0.25, -0.2) is 0 Å². The molecule has 152 valence electrons. The number of amides is 3. The van der Waals surface area contributed by atoms with Gasteiger partial charge >= 0.3 is 0 Å². The average molecular weight is 409 g/mol. The fraction of sp³-hybridized carbons (Fsp3) is 0.120. The van der Waals surface area contributed by atoms with Crippen molar-refractivity contribution in [1.82, 2.24) is 4.90 Å². The molecule has 0 spiro atoms. The lowest BCUT2D eigenvalue weighted by molar-refractivity contribution is -0.117. The van der Waals surface area contributed by atoms with E-state index in [1.54, 1.807) is 29.2 Å². The van der Waals surface area contributed by atoms with E-state index in [1.165, 1.54) is 4.90 Å². The summed E-state index contributed by atoms with van der Waals surface area (Å²) in [6.07, 6.45) is 0.0366. The molecule has 0 aliphatic carbocycles. The maximum Gasteiger partial charge on any atom is 0.261 e. The quantitative estimate of drug-likeness (QED) is 0.612. The Bertz CT molecular complexity index is 1200. The molecule has 0 bridgehead atoms. The molecule has 6 heteroatoms. The molecule has 3 aromatic carbocycles. The predicted molar refractivity (Wildman–Crippen MR) is 118 cm³/mol. The van der Waals surface area contributed by atoms with Crippen molar-refractivity contribution in [3.63, 3.8) is 0 Å². The maximum atomic E-state index is 13.2. The predicted octanol–water partition coefficient (Wildman–Crippen LogP) is 3.99. The zero-order chi connectivity index (χ0) is 21.4. The monoisotopic (exact) mass is 409 g/mol. The van der Waals surface area contributed by atoms with E-state index in [2.05, 4.69) is 4.99 Å². The number of hydrogen-bond acceptors (Lipinski definition) is 4. The van der Waals surface area contributed by atoms with Gasteiger partial charge < -0.3 is 4.90 Å². The van der Waals surface area contributed by atoms with Crippen molar-refractivity contribution in [2.45, 2.75) is 13.0 Å². The Labute approximate surface area is 179 Å². The first-order chi connectivity index (χ1) is 15.1. The molecular formula is C25H19N3O3. The molecule has 3 aromatic rings. The van der Waals surface area contributed by atoms with E-state index in [9.17, 15) is 14.4 Å². The van der Waals surface area contributed by atoms with Gasteiger partial charge in [-0.05, 0) is 29.8 Å². The highest BCUT2D eigenvalue weighted by Crippen LogP contribution is 2.33. The fourth-order valence-corrected chi connectivity index (χ4v) is 4.00. The number of carbonyl (C=O) groups excluding carboxylic acids is 3. The second-order valence-electron chi connectivity index (χ2n) is 7.55. The van der Waals surface area contributed by atoms with Crippen molar-refractivity contribution in [3.8, 4) is 0 Å². The summed E-state index contributed by atoms with van der Waals surface area (Å²) >= 11 is 0. The summed E-state index contributed by atoms with van der Waals surface area (Å²) in [4.78, 5) is 46.3. The van der Waals surface area contributed by atoms with Gasteiger partial charge in [-0.2, -0.15) is 0 Å². The molecule has 2 aliphatic heterocycles. The number of hydrogen-bond donors (Lipinski definition) is 0. The number of rotatable bonds is 4. The molecular weight excluding hydrogens is 390 g/mol. The number of anilines is 1. The van der Waals surface area contributed by atoms with Crippen LogP contribution in [0, 0.1) is 0 Å². The van der Waals surface area contributed by atoms with Crippen molar-refractivity contribution >= 4 is 34.8 Å². The molecule has 0 N–H and O–H groups in total. The number of imide groups is 1. The van der Waals surface area contributed by atoms with E-state index in [1.807, 2.05) is 54.6 Å². The van der Waals surface area contributed by atoms with Crippen LogP contribution in [0.15, 0.2) is 83.9 Å². The molecule has 31 heavy (non-hydrogen) atoms. The highest BCUT2D eigenvalue weighted by molar-refractivity contribution is 6.23. The summed E-state index contributed by atoms with van der Waals surface area (Å²) in [5, 5.41) is 0. The largest absolute Gasteiger partial charge is 0.306 e. The van der Waals surface area contributed by atoms with Crippen LogP contribution in [0.25, 0.3) is 0 Å². The van der Waals surface area contributed by atoms with E-state index in [-0.39, 0.29) is 30.7 Å². The summed E-state index contributed by atoms with van der Waals surface area (Å²) in [5.41, 5.74) is 3.64. The van der Waals surface area contributed by atoms with Crippen molar-refractivity contribution < 1.29 is 14.4 Å². The second kappa shape index (κ2) is 7.65. The van der Waals surface area contributed by atoms with Gasteiger partial charge in [0.25, 0.3) is 11.8 Å². The highest BCUT2D eigenvalue weighted by atomic mass is 16.2. The zero-order valence-corrected chi connectivity index (χ0v) is 16.7. The Morgan fingerprint density at radius 3 is 2.00 bits per heavy atom. The second-order valence-corrected chi connectivity index (χ2v) is 7.55. The van der Waals surface area contributed by atoms with Gasteiger partial charge in [0.15, 0.2) is 0 Å². The van der Waals surface area contributed by atoms with Crippen molar-refractivity contribution in [1.29, 1.82) is 0 Å². The number of carbonyl (C=O) groups is 3. The van der Waals surface area contributed by atoms with Gasteiger partial charge in [0.05, 0.1) is 42.0 Å². The molecule has 0 saturated heterocycles. The van der Waals surface area contributed by atoms with Gasteiger partial charge in [-0.1, -0.05) is 54.6 Å². The van der Waals surface area contributed by atoms with E-state index < -0.39 is 0 Å². The standard InChI is InChI=1S/C25H19N3O3/c29-23-14-18(16-28-24(30)19-10-4-5-11-20(19)25(28)31)26-21-12-6-7-13-22(21)27(23)15-17-8-2-1-3-9-17/h1-13H,14-16H2. The van der Waals surface area contributed by atoms with Crippen LogP contribution in [0.3, 0.4) is 0 Å². The Hall–Kier alpha value is -4.06. The molecule has 3 amide bonds. The molecule has 5 rings (SSSR count). The minimum absolute atomic E-state index is 0.00834. The molecule has 0 aromatic heterocycles. The fourth-order valence-electron chi connectivity index (χ4n) is 4.00. The molecule has 2 aliphatic rings. The van der Waals surface area contributed by atoms with Gasteiger partial charge in [0, 0.05) is 5.71 Å². The summed E-state index contributed by atoms with van der Waals surface area (Å²) in [6, 6.07) is 24.0. The zero-order valence-electron chi connectivity index (χ0n) is 16.7. The van der Waals surface area contributed by atoms with Crippen LogP contribution in [-0.4, -0.2) is 34.9 Å². The summed E-state index contributed by atoms with van der Waals surface area (Å²) in [5.74, 6) is -0.826. The molecule has 0 unspecified atom stereocenters. The molecule has 0 atom stereocenters. The lowest BCUT2D eigenvalue weighted by atomic mass is 10.1. The van der Waals surface area contributed by atoms with Crippen LogP contribution in [0.2, 0.25) is 0 Å².